The third-order valence-corrected chi connectivity index (χ3v) is 6.03. The molecule has 2 atom stereocenters. The highest BCUT2D eigenvalue weighted by atomic mass is 19.4. The minimum Gasteiger partial charge on any atom is -0.454 e. The summed E-state index contributed by atoms with van der Waals surface area (Å²) in [5.74, 6) is -0.0183. The second kappa shape index (κ2) is 7.26. The number of benzene rings is 2. The van der Waals surface area contributed by atoms with Crippen molar-refractivity contribution >= 4 is 11.8 Å². The maximum absolute atomic E-state index is 12.9. The van der Waals surface area contributed by atoms with Gasteiger partial charge in [0, 0.05) is 19.6 Å². The van der Waals surface area contributed by atoms with Crippen LogP contribution in [0, 0.1) is 11.8 Å². The molecule has 2 amide bonds. The lowest BCUT2D eigenvalue weighted by atomic mass is 10.00. The van der Waals surface area contributed by atoms with Gasteiger partial charge in [-0.05, 0) is 35.4 Å². The van der Waals surface area contributed by atoms with Crippen molar-refractivity contribution in [3.63, 3.8) is 0 Å². The quantitative estimate of drug-likeness (QED) is 0.696. The molecule has 0 unspecified atom stereocenters. The Hall–Kier alpha value is -3.07. The predicted octanol–water partition coefficient (Wildman–Crippen LogP) is 3.05. The maximum atomic E-state index is 12.9. The van der Waals surface area contributed by atoms with Crippen molar-refractivity contribution < 1.29 is 32.2 Å². The molecule has 2 fully saturated rings. The van der Waals surface area contributed by atoms with Gasteiger partial charge in [-0.1, -0.05) is 18.2 Å². The van der Waals surface area contributed by atoms with Crippen LogP contribution in [0.5, 0.6) is 11.5 Å². The lowest BCUT2D eigenvalue weighted by Crippen LogP contribution is -2.35. The zero-order valence-corrected chi connectivity index (χ0v) is 16.4. The second-order valence-corrected chi connectivity index (χ2v) is 8.05. The molecule has 0 aliphatic carbocycles. The molecule has 3 aliphatic heterocycles. The fourth-order valence-corrected chi connectivity index (χ4v) is 4.46. The molecule has 0 N–H and O–H groups in total. The van der Waals surface area contributed by atoms with Crippen LogP contribution in [0.4, 0.5) is 13.2 Å². The number of hydrogen-bond acceptors (Lipinski definition) is 5. The molecule has 0 saturated carbocycles. The molecule has 5 rings (SSSR count). The molecule has 0 bridgehead atoms. The summed E-state index contributed by atoms with van der Waals surface area (Å²) in [6.07, 6.45) is -4.37. The second-order valence-electron chi connectivity index (χ2n) is 8.05. The Bertz CT molecular complexity index is 1010. The van der Waals surface area contributed by atoms with Gasteiger partial charge in [0.25, 0.3) is 0 Å². The molecule has 162 valence electrons. The molecule has 0 spiro atoms. The zero-order valence-electron chi connectivity index (χ0n) is 16.4. The van der Waals surface area contributed by atoms with Crippen LogP contribution in [-0.2, 0) is 28.9 Å². The SMILES string of the molecule is O=C1[C@H]2CN(Cc3ccc(C(F)(F)F)cc3)C[C@H]2C(=O)N1Cc1ccc2c(c1)OCO2. The van der Waals surface area contributed by atoms with Gasteiger partial charge < -0.3 is 9.47 Å². The van der Waals surface area contributed by atoms with Crippen molar-refractivity contribution in [3.05, 3.63) is 59.2 Å². The third kappa shape index (κ3) is 3.63. The van der Waals surface area contributed by atoms with Crippen molar-refractivity contribution in [2.75, 3.05) is 19.9 Å². The number of rotatable bonds is 4. The van der Waals surface area contributed by atoms with E-state index in [9.17, 15) is 22.8 Å². The first-order valence-electron chi connectivity index (χ1n) is 9.92. The number of fused-ring (bicyclic) bond motifs is 2. The molecule has 0 radical (unpaired) electrons. The van der Waals surface area contributed by atoms with Crippen LogP contribution in [0.25, 0.3) is 0 Å². The number of hydrogen-bond donors (Lipinski definition) is 0. The number of likely N-dealkylation sites (tertiary alicyclic amines) is 2. The molecule has 31 heavy (non-hydrogen) atoms. The van der Waals surface area contributed by atoms with Crippen LogP contribution in [0.3, 0.4) is 0 Å². The normalized spacial score (nSPS) is 23.0. The molecule has 3 heterocycles. The first-order valence-corrected chi connectivity index (χ1v) is 9.92. The van der Waals surface area contributed by atoms with Gasteiger partial charge in [-0.15, -0.1) is 0 Å². The highest BCUT2D eigenvalue weighted by Gasteiger charge is 2.52. The van der Waals surface area contributed by atoms with Crippen molar-refractivity contribution in [1.82, 2.24) is 9.80 Å². The lowest BCUT2D eigenvalue weighted by molar-refractivity contribution is -0.141. The van der Waals surface area contributed by atoms with Crippen molar-refractivity contribution in [2.24, 2.45) is 11.8 Å². The highest BCUT2D eigenvalue weighted by Crippen LogP contribution is 2.37. The number of carbonyl (C=O) groups is 2. The van der Waals surface area contributed by atoms with E-state index in [1.54, 1.807) is 18.2 Å². The van der Waals surface area contributed by atoms with E-state index in [-0.39, 0.29) is 25.2 Å². The Labute approximate surface area is 176 Å². The summed E-state index contributed by atoms with van der Waals surface area (Å²) in [5, 5.41) is 0. The summed E-state index contributed by atoms with van der Waals surface area (Å²) in [6, 6.07) is 10.3. The molecule has 2 aromatic carbocycles. The van der Waals surface area contributed by atoms with Gasteiger partial charge in [0.1, 0.15) is 0 Å². The van der Waals surface area contributed by atoms with E-state index in [2.05, 4.69) is 0 Å². The van der Waals surface area contributed by atoms with Gasteiger partial charge in [-0.25, -0.2) is 0 Å². The van der Waals surface area contributed by atoms with Crippen molar-refractivity contribution in [3.8, 4) is 11.5 Å². The van der Waals surface area contributed by atoms with E-state index in [4.69, 9.17) is 9.47 Å². The number of ether oxygens (including phenoxy) is 2. The number of imide groups is 1. The van der Waals surface area contributed by atoms with Crippen LogP contribution in [-0.4, -0.2) is 41.5 Å². The third-order valence-electron chi connectivity index (χ3n) is 6.03. The summed E-state index contributed by atoms with van der Waals surface area (Å²) in [6.45, 7) is 1.55. The summed E-state index contributed by atoms with van der Waals surface area (Å²) >= 11 is 0. The van der Waals surface area contributed by atoms with Crippen LogP contribution in [0.1, 0.15) is 16.7 Å². The van der Waals surface area contributed by atoms with Gasteiger partial charge in [-0.2, -0.15) is 13.2 Å². The minimum absolute atomic E-state index is 0.152. The Morgan fingerprint density at radius 3 is 2.10 bits per heavy atom. The average Bonchev–Trinajstić information content (AvgIpc) is 3.41. The predicted molar refractivity (Wildman–Crippen MR) is 102 cm³/mol. The zero-order chi connectivity index (χ0) is 21.8. The number of carbonyl (C=O) groups excluding carboxylic acids is 2. The topological polar surface area (TPSA) is 59.1 Å². The van der Waals surface area contributed by atoms with E-state index in [0.29, 0.717) is 36.7 Å². The first-order chi connectivity index (χ1) is 14.8. The van der Waals surface area contributed by atoms with Gasteiger partial charge in [0.2, 0.25) is 18.6 Å². The van der Waals surface area contributed by atoms with Crippen molar-refractivity contribution in [1.29, 1.82) is 0 Å². The van der Waals surface area contributed by atoms with Gasteiger partial charge in [-0.3, -0.25) is 19.4 Å². The summed E-state index contributed by atoms with van der Waals surface area (Å²) in [7, 11) is 0. The maximum Gasteiger partial charge on any atom is 0.416 e. The lowest BCUT2D eigenvalue weighted by Gasteiger charge is -2.21. The van der Waals surface area contributed by atoms with Gasteiger partial charge in [0.05, 0.1) is 23.9 Å². The van der Waals surface area contributed by atoms with Crippen molar-refractivity contribution in [2.45, 2.75) is 19.3 Å². The fraction of sp³-hybridized carbons (Fsp3) is 0.364. The number of halogens is 3. The molecular formula is C22H19F3N2O4. The van der Waals surface area contributed by atoms with Crippen LogP contribution < -0.4 is 9.47 Å². The largest absolute Gasteiger partial charge is 0.454 e. The highest BCUT2D eigenvalue weighted by molar-refractivity contribution is 6.05. The van der Waals surface area contributed by atoms with E-state index in [1.165, 1.54) is 17.0 Å². The van der Waals surface area contributed by atoms with Gasteiger partial charge in [0.15, 0.2) is 11.5 Å². The van der Waals surface area contributed by atoms with Crippen LogP contribution >= 0.6 is 0 Å². The summed E-state index contributed by atoms with van der Waals surface area (Å²) in [5.41, 5.74) is 0.802. The smallest absolute Gasteiger partial charge is 0.416 e. The number of amides is 2. The number of nitrogens with zero attached hydrogens (tertiary/aromatic N) is 2. The van der Waals surface area contributed by atoms with Crippen LogP contribution in [0.15, 0.2) is 42.5 Å². The van der Waals surface area contributed by atoms with E-state index in [1.807, 2.05) is 4.90 Å². The number of alkyl halides is 3. The average molecular weight is 432 g/mol. The Morgan fingerprint density at radius 1 is 0.839 bits per heavy atom. The van der Waals surface area contributed by atoms with E-state index in [0.717, 1.165) is 17.7 Å². The minimum atomic E-state index is -4.37. The van der Waals surface area contributed by atoms with Gasteiger partial charge >= 0.3 is 6.18 Å². The Balaban J connectivity index is 1.23. The molecule has 9 heteroatoms. The van der Waals surface area contributed by atoms with E-state index < -0.39 is 23.6 Å². The fourth-order valence-electron chi connectivity index (χ4n) is 4.46. The Morgan fingerprint density at radius 2 is 1.45 bits per heavy atom. The molecular weight excluding hydrogens is 413 g/mol. The standard InChI is InChI=1S/C22H19F3N2O4/c23-22(24,25)15-4-1-13(2-5-15)8-26-10-16-17(11-26)21(29)27(20(16)28)9-14-3-6-18-19(7-14)31-12-30-18/h1-7,16-17H,8-12H2/t16-,17+. The molecule has 6 nitrogen and oxygen atoms in total. The summed E-state index contributed by atoms with van der Waals surface area (Å²) < 4.78 is 48.8. The van der Waals surface area contributed by atoms with E-state index >= 15 is 0 Å². The summed E-state index contributed by atoms with van der Waals surface area (Å²) in [4.78, 5) is 29.0. The molecule has 2 saturated heterocycles. The molecule has 2 aromatic rings. The Kier molecular flexibility index (Phi) is 4.65. The first kappa shape index (κ1) is 19.9. The molecule has 0 aromatic heterocycles. The molecule has 3 aliphatic rings. The monoisotopic (exact) mass is 432 g/mol. The van der Waals surface area contributed by atoms with Crippen LogP contribution in [0.2, 0.25) is 0 Å².